The van der Waals surface area contributed by atoms with Crippen molar-refractivity contribution in [2.75, 3.05) is 23.4 Å². The van der Waals surface area contributed by atoms with Crippen molar-refractivity contribution in [3.05, 3.63) is 52.4 Å². The summed E-state index contributed by atoms with van der Waals surface area (Å²) in [6.45, 7) is 1.22. The number of benzene rings is 1. The Balaban J connectivity index is 1.98. The van der Waals surface area contributed by atoms with Crippen LogP contribution in [-0.4, -0.2) is 41.7 Å². The van der Waals surface area contributed by atoms with E-state index in [2.05, 4.69) is 9.98 Å². The van der Waals surface area contributed by atoms with Gasteiger partial charge in [0.1, 0.15) is 17.7 Å². The van der Waals surface area contributed by atoms with E-state index < -0.39 is 29.5 Å². The molecule has 0 aliphatic carbocycles. The van der Waals surface area contributed by atoms with Gasteiger partial charge in [-0.05, 0) is 37.3 Å². The second kappa shape index (κ2) is 8.07. The van der Waals surface area contributed by atoms with E-state index in [1.807, 2.05) is 0 Å². The zero-order valence-electron chi connectivity index (χ0n) is 15.7. The predicted octanol–water partition coefficient (Wildman–Crippen LogP) is 3.39. The number of likely N-dealkylation sites (N-methyl/N-ethyl adjacent to an activating group) is 1. The number of halogens is 5. The SMILES string of the molecule is Cc1cc(C(F)(F)F)cc(N2C(NO)=NCC2C(=O)N(C)c2ccc(F)c(Cl)c2)n1. The van der Waals surface area contributed by atoms with Crippen molar-refractivity contribution in [2.24, 2.45) is 4.99 Å². The van der Waals surface area contributed by atoms with Gasteiger partial charge in [0.05, 0.1) is 17.1 Å². The molecule has 0 bridgehead atoms. The monoisotopic (exact) mass is 445 g/mol. The number of rotatable bonds is 3. The normalized spacial score (nSPS) is 16.5. The van der Waals surface area contributed by atoms with Crippen molar-refractivity contribution in [1.82, 2.24) is 10.5 Å². The standard InChI is InChI=1S/C18H16ClF4N5O2/c1-9-5-10(18(21,22)23)6-15(25-9)28-14(8-24-17(28)26-30)16(29)27(2)11-3-4-13(20)12(19)7-11/h3-7,14,30H,8H2,1-2H3,(H,24,26). The minimum atomic E-state index is -4.63. The number of aromatic nitrogens is 1. The summed E-state index contributed by atoms with van der Waals surface area (Å²) in [6, 6.07) is 4.18. The quantitative estimate of drug-likeness (QED) is 0.559. The van der Waals surface area contributed by atoms with Gasteiger partial charge < -0.3 is 4.90 Å². The number of hydroxylamine groups is 1. The highest BCUT2D eigenvalue weighted by Crippen LogP contribution is 2.33. The van der Waals surface area contributed by atoms with Crippen LogP contribution in [0.15, 0.2) is 35.3 Å². The third-order valence-electron chi connectivity index (χ3n) is 4.47. The first-order valence-electron chi connectivity index (χ1n) is 8.55. The second-order valence-corrected chi connectivity index (χ2v) is 6.92. The first kappa shape index (κ1) is 21.8. The summed E-state index contributed by atoms with van der Waals surface area (Å²) in [5, 5.41) is 9.17. The number of pyridine rings is 1. The fourth-order valence-corrected chi connectivity index (χ4v) is 3.18. The lowest BCUT2D eigenvalue weighted by atomic mass is 10.1. The number of nitrogens with zero attached hydrogens (tertiary/aromatic N) is 4. The van der Waals surface area contributed by atoms with Crippen molar-refractivity contribution >= 4 is 35.0 Å². The van der Waals surface area contributed by atoms with E-state index in [0.717, 1.165) is 23.1 Å². The van der Waals surface area contributed by atoms with Crippen LogP contribution in [0.1, 0.15) is 11.3 Å². The van der Waals surface area contributed by atoms with Gasteiger partial charge in [-0.3, -0.25) is 14.9 Å². The van der Waals surface area contributed by atoms with Crippen molar-refractivity contribution < 1.29 is 27.6 Å². The predicted molar refractivity (Wildman–Crippen MR) is 102 cm³/mol. The zero-order chi connectivity index (χ0) is 22.2. The molecule has 12 heteroatoms. The number of hydrogen-bond acceptors (Lipinski definition) is 6. The summed E-state index contributed by atoms with van der Waals surface area (Å²) in [5.41, 5.74) is 1.16. The van der Waals surface area contributed by atoms with Crippen molar-refractivity contribution in [1.29, 1.82) is 0 Å². The van der Waals surface area contributed by atoms with E-state index in [4.69, 9.17) is 11.6 Å². The van der Waals surface area contributed by atoms with Gasteiger partial charge in [-0.15, -0.1) is 0 Å². The molecule has 0 spiro atoms. The summed E-state index contributed by atoms with van der Waals surface area (Å²) in [5.74, 6) is -1.69. The molecule has 3 rings (SSSR count). The number of hydrogen-bond donors (Lipinski definition) is 2. The minimum Gasteiger partial charge on any atom is -0.314 e. The average molecular weight is 446 g/mol. The molecule has 1 atom stereocenters. The third-order valence-corrected chi connectivity index (χ3v) is 4.76. The fraction of sp³-hybridized carbons (Fsp3) is 0.278. The van der Waals surface area contributed by atoms with Crippen LogP contribution in [0.5, 0.6) is 0 Å². The number of aryl methyl sites for hydroxylation is 1. The molecular formula is C18H16ClF4N5O2. The Kier molecular flexibility index (Phi) is 5.86. The van der Waals surface area contributed by atoms with Gasteiger partial charge in [0.25, 0.3) is 5.91 Å². The molecule has 1 aliphatic rings. The lowest BCUT2D eigenvalue weighted by molar-refractivity contribution is -0.137. The maximum absolute atomic E-state index is 13.4. The molecular weight excluding hydrogens is 430 g/mol. The third kappa shape index (κ3) is 4.17. The molecule has 0 radical (unpaired) electrons. The van der Waals surface area contributed by atoms with Gasteiger partial charge in [0, 0.05) is 18.4 Å². The number of anilines is 2. The van der Waals surface area contributed by atoms with Crippen LogP contribution in [0.25, 0.3) is 0 Å². The van der Waals surface area contributed by atoms with Crippen LogP contribution in [0.3, 0.4) is 0 Å². The first-order valence-corrected chi connectivity index (χ1v) is 8.93. The first-order chi connectivity index (χ1) is 14.0. The molecule has 2 N–H and O–H groups in total. The van der Waals surface area contributed by atoms with E-state index in [1.54, 1.807) is 5.48 Å². The molecule has 2 heterocycles. The van der Waals surface area contributed by atoms with Crippen molar-refractivity contribution in [2.45, 2.75) is 19.1 Å². The van der Waals surface area contributed by atoms with Crippen molar-refractivity contribution in [3.63, 3.8) is 0 Å². The molecule has 1 unspecified atom stereocenters. The number of nitrogens with one attached hydrogen (secondary N) is 1. The number of guanidine groups is 1. The van der Waals surface area contributed by atoms with Crippen LogP contribution in [-0.2, 0) is 11.0 Å². The molecule has 0 fully saturated rings. The van der Waals surface area contributed by atoms with E-state index in [0.29, 0.717) is 0 Å². The van der Waals surface area contributed by atoms with Crippen LogP contribution < -0.4 is 15.3 Å². The highest BCUT2D eigenvalue weighted by molar-refractivity contribution is 6.31. The minimum absolute atomic E-state index is 0.0638. The summed E-state index contributed by atoms with van der Waals surface area (Å²) in [7, 11) is 1.40. The Morgan fingerprint density at radius 1 is 1.33 bits per heavy atom. The Bertz CT molecular complexity index is 1010. The topological polar surface area (TPSA) is 81.1 Å². The van der Waals surface area contributed by atoms with Gasteiger partial charge >= 0.3 is 6.18 Å². The summed E-state index contributed by atoms with van der Waals surface area (Å²) < 4.78 is 53.1. The highest BCUT2D eigenvalue weighted by Gasteiger charge is 2.39. The molecule has 0 saturated carbocycles. The molecule has 2 aromatic rings. The molecule has 1 aromatic carbocycles. The van der Waals surface area contributed by atoms with Gasteiger partial charge in [-0.1, -0.05) is 11.6 Å². The number of carbonyl (C=O) groups excluding carboxylic acids is 1. The summed E-state index contributed by atoms with van der Waals surface area (Å²) in [6.07, 6.45) is -4.63. The largest absolute Gasteiger partial charge is 0.416 e. The maximum Gasteiger partial charge on any atom is 0.416 e. The Hall–Kier alpha value is -2.92. The average Bonchev–Trinajstić information content (AvgIpc) is 3.12. The second-order valence-electron chi connectivity index (χ2n) is 6.51. The van der Waals surface area contributed by atoms with Crippen LogP contribution >= 0.6 is 11.6 Å². The molecule has 160 valence electrons. The number of alkyl halides is 3. The van der Waals surface area contributed by atoms with E-state index >= 15 is 0 Å². The zero-order valence-corrected chi connectivity index (χ0v) is 16.5. The molecule has 7 nitrogen and oxygen atoms in total. The Labute approximate surface area is 173 Å². The molecule has 1 aromatic heterocycles. The van der Waals surface area contributed by atoms with E-state index in [1.165, 1.54) is 31.0 Å². The van der Waals surface area contributed by atoms with Gasteiger partial charge in [0.15, 0.2) is 0 Å². The Morgan fingerprint density at radius 2 is 2.03 bits per heavy atom. The van der Waals surface area contributed by atoms with Crippen LogP contribution in [0.2, 0.25) is 5.02 Å². The lowest BCUT2D eigenvalue weighted by Gasteiger charge is -2.29. The Morgan fingerprint density at radius 3 is 2.63 bits per heavy atom. The molecule has 1 aliphatic heterocycles. The fourth-order valence-electron chi connectivity index (χ4n) is 3.01. The van der Waals surface area contributed by atoms with E-state index in [9.17, 15) is 27.6 Å². The molecule has 0 saturated heterocycles. The summed E-state index contributed by atoms with van der Waals surface area (Å²) in [4.78, 5) is 23.4. The van der Waals surface area contributed by atoms with Gasteiger partial charge in [0.2, 0.25) is 5.96 Å². The number of amides is 1. The number of carbonyl (C=O) groups is 1. The van der Waals surface area contributed by atoms with Crippen molar-refractivity contribution in [3.8, 4) is 0 Å². The molecule has 1 amide bonds. The van der Waals surface area contributed by atoms with Crippen LogP contribution in [0, 0.1) is 12.7 Å². The number of aliphatic imine (C=N–C) groups is 1. The lowest BCUT2D eigenvalue weighted by Crippen LogP contribution is -2.51. The van der Waals surface area contributed by atoms with Crippen LogP contribution in [0.4, 0.5) is 29.1 Å². The van der Waals surface area contributed by atoms with Gasteiger partial charge in [-0.25, -0.2) is 19.8 Å². The highest BCUT2D eigenvalue weighted by atomic mass is 35.5. The van der Waals surface area contributed by atoms with E-state index in [-0.39, 0.29) is 34.7 Å². The smallest absolute Gasteiger partial charge is 0.314 e. The molecule has 30 heavy (non-hydrogen) atoms. The maximum atomic E-state index is 13.4. The van der Waals surface area contributed by atoms with Gasteiger partial charge in [-0.2, -0.15) is 13.2 Å². The summed E-state index contributed by atoms with van der Waals surface area (Å²) >= 11 is 5.76.